The van der Waals surface area contributed by atoms with E-state index in [2.05, 4.69) is 31.9 Å². The predicted molar refractivity (Wildman–Crippen MR) is 102 cm³/mol. The number of hydrogen-bond acceptors (Lipinski definition) is 1. The monoisotopic (exact) mass is 450 g/mol. The van der Waals surface area contributed by atoms with Crippen molar-refractivity contribution in [3.05, 3.63) is 98.9 Å². The molecule has 0 heterocycles. The first-order chi connectivity index (χ1) is 11.1. The van der Waals surface area contributed by atoms with Crippen molar-refractivity contribution in [1.82, 2.24) is 0 Å². The summed E-state index contributed by atoms with van der Waals surface area (Å²) in [6, 6.07) is 24.4. The molecule has 0 saturated heterocycles. The van der Waals surface area contributed by atoms with Gasteiger partial charge in [0.15, 0.2) is 0 Å². The van der Waals surface area contributed by atoms with Gasteiger partial charge in [0.05, 0.1) is 0 Å². The van der Waals surface area contributed by atoms with E-state index in [1.165, 1.54) is 11.8 Å². The summed E-state index contributed by atoms with van der Waals surface area (Å²) in [6.45, 7) is 0. The van der Waals surface area contributed by atoms with Crippen molar-refractivity contribution in [3.63, 3.8) is 0 Å². The van der Waals surface area contributed by atoms with Crippen LogP contribution in [0.15, 0.2) is 92.7 Å². The van der Waals surface area contributed by atoms with Crippen LogP contribution in [-0.4, -0.2) is 0 Å². The van der Waals surface area contributed by atoms with Gasteiger partial charge < -0.3 is 0 Å². The first-order valence-electron chi connectivity index (χ1n) is 7.03. The Morgan fingerprint density at radius 1 is 0.652 bits per heavy atom. The molecule has 0 aliphatic heterocycles. The smallest absolute Gasteiger partial charge is 0.211 e. The lowest BCUT2D eigenvalue weighted by Crippen LogP contribution is -2.17. The maximum absolute atomic E-state index is 16.1. The molecule has 0 aliphatic rings. The van der Waals surface area contributed by atoms with E-state index in [1.807, 2.05) is 78.9 Å². The molecule has 0 aromatic heterocycles. The van der Waals surface area contributed by atoms with Gasteiger partial charge in [-0.2, -0.15) is 0 Å². The van der Waals surface area contributed by atoms with E-state index in [-0.39, 0.29) is 0 Å². The average Bonchev–Trinajstić information content (AvgIpc) is 2.57. The van der Waals surface area contributed by atoms with Crippen molar-refractivity contribution in [2.75, 3.05) is 0 Å². The van der Waals surface area contributed by atoms with Crippen molar-refractivity contribution < 1.29 is 4.39 Å². The second-order valence-corrected chi connectivity index (χ2v) is 8.09. The Morgan fingerprint density at radius 3 is 1.52 bits per heavy atom. The molecule has 0 atom stereocenters. The Kier molecular flexibility index (Phi) is 5.24. The van der Waals surface area contributed by atoms with E-state index in [1.54, 1.807) is 0 Å². The van der Waals surface area contributed by atoms with E-state index in [4.69, 9.17) is 0 Å². The molecular weight excluding hydrogens is 439 g/mol. The summed E-state index contributed by atoms with van der Waals surface area (Å²) in [5, 5.41) is -1.65. The molecule has 3 aromatic carbocycles. The number of hydrogen-bond donors (Lipinski definition) is 0. The Bertz CT molecular complexity index is 725. The normalized spacial score (nSPS) is 11.4. The fourth-order valence-corrected chi connectivity index (χ4v) is 3.92. The van der Waals surface area contributed by atoms with Crippen molar-refractivity contribution in [3.8, 4) is 0 Å². The van der Waals surface area contributed by atoms with Crippen molar-refractivity contribution in [2.24, 2.45) is 0 Å². The first-order valence-corrected chi connectivity index (χ1v) is 9.43. The molecule has 0 amide bonds. The molecule has 0 fully saturated rings. The molecule has 0 nitrogen and oxygen atoms in total. The molecule has 0 N–H and O–H groups in total. The number of thioether (sulfide) groups is 1. The molecule has 0 unspecified atom stereocenters. The lowest BCUT2D eigenvalue weighted by atomic mass is 10.0. The molecule has 116 valence electrons. The number of halogens is 3. The molecule has 0 spiro atoms. The zero-order chi connectivity index (χ0) is 16.3. The third-order valence-corrected chi connectivity index (χ3v) is 5.75. The Labute approximate surface area is 156 Å². The maximum Gasteiger partial charge on any atom is 0.211 e. The van der Waals surface area contributed by atoms with Gasteiger partial charge in [-0.1, -0.05) is 86.1 Å². The van der Waals surface area contributed by atoms with Crippen molar-refractivity contribution >= 4 is 43.6 Å². The minimum atomic E-state index is -1.65. The first kappa shape index (κ1) is 16.7. The third kappa shape index (κ3) is 3.87. The highest BCUT2D eigenvalue weighted by molar-refractivity contribution is 9.10. The van der Waals surface area contributed by atoms with Crippen molar-refractivity contribution in [1.29, 1.82) is 0 Å². The largest absolute Gasteiger partial charge is 0.221 e. The lowest BCUT2D eigenvalue weighted by molar-refractivity contribution is 0.354. The van der Waals surface area contributed by atoms with Gasteiger partial charge in [0.1, 0.15) is 0 Å². The second kappa shape index (κ2) is 7.20. The maximum atomic E-state index is 16.1. The summed E-state index contributed by atoms with van der Waals surface area (Å²) >= 11 is 8.03. The van der Waals surface area contributed by atoms with Gasteiger partial charge in [-0.25, -0.2) is 4.39 Å². The van der Waals surface area contributed by atoms with Crippen LogP contribution in [0.1, 0.15) is 11.1 Å². The van der Waals surface area contributed by atoms with Crippen LogP contribution in [-0.2, 0) is 5.00 Å². The highest BCUT2D eigenvalue weighted by atomic mass is 79.9. The van der Waals surface area contributed by atoms with Crippen LogP contribution >= 0.6 is 43.6 Å². The molecule has 4 heteroatoms. The highest BCUT2D eigenvalue weighted by Crippen LogP contribution is 2.48. The standard InChI is InChI=1S/C19H13Br2FS/c20-16-10-6-14(7-11-16)19(22,15-8-12-17(21)13-9-15)23-18-4-2-1-3-5-18/h1-13H. The van der Waals surface area contributed by atoms with Gasteiger partial charge in [-0.15, -0.1) is 0 Å². The quantitative estimate of drug-likeness (QED) is 0.378. The molecule has 0 bridgehead atoms. The average molecular weight is 452 g/mol. The van der Waals surface area contributed by atoms with Crippen LogP contribution in [0.5, 0.6) is 0 Å². The molecule has 0 radical (unpaired) electrons. The Hall–Kier alpha value is -1.10. The van der Waals surface area contributed by atoms with Gasteiger partial charge in [0, 0.05) is 25.0 Å². The van der Waals surface area contributed by atoms with E-state index in [9.17, 15) is 0 Å². The molecule has 0 saturated carbocycles. The summed E-state index contributed by atoms with van der Waals surface area (Å²) in [5.74, 6) is 0. The zero-order valence-corrected chi connectivity index (χ0v) is 16.0. The second-order valence-electron chi connectivity index (χ2n) is 5.02. The van der Waals surface area contributed by atoms with Crippen LogP contribution < -0.4 is 0 Å². The summed E-state index contributed by atoms with van der Waals surface area (Å²) in [6.07, 6.45) is 0. The van der Waals surface area contributed by atoms with Crippen LogP contribution in [0, 0.1) is 0 Å². The minimum absolute atomic E-state index is 0.622. The number of benzene rings is 3. The van der Waals surface area contributed by atoms with Crippen LogP contribution in [0.4, 0.5) is 4.39 Å². The highest BCUT2D eigenvalue weighted by Gasteiger charge is 2.35. The number of rotatable bonds is 4. The Balaban J connectivity index is 2.08. The summed E-state index contributed by atoms with van der Waals surface area (Å²) in [4.78, 5) is 0.890. The lowest BCUT2D eigenvalue weighted by Gasteiger charge is -2.26. The minimum Gasteiger partial charge on any atom is -0.221 e. The summed E-state index contributed by atoms with van der Waals surface area (Å²) < 4.78 is 18.0. The van der Waals surface area contributed by atoms with Gasteiger partial charge in [-0.3, -0.25) is 0 Å². The molecule has 3 aromatic rings. The predicted octanol–water partition coefficient (Wildman–Crippen LogP) is 7.17. The van der Waals surface area contributed by atoms with E-state index in [0.29, 0.717) is 11.1 Å². The topological polar surface area (TPSA) is 0 Å². The third-order valence-electron chi connectivity index (χ3n) is 3.43. The molecular formula is C19H13Br2FS. The van der Waals surface area contributed by atoms with Crippen molar-refractivity contribution in [2.45, 2.75) is 9.90 Å². The van der Waals surface area contributed by atoms with Gasteiger partial charge in [0.25, 0.3) is 0 Å². The van der Waals surface area contributed by atoms with Gasteiger partial charge in [0.2, 0.25) is 5.00 Å². The van der Waals surface area contributed by atoms with Gasteiger partial charge >= 0.3 is 0 Å². The van der Waals surface area contributed by atoms with Crippen LogP contribution in [0.25, 0.3) is 0 Å². The van der Waals surface area contributed by atoms with E-state index >= 15 is 4.39 Å². The fourth-order valence-electron chi connectivity index (χ4n) is 2.26. The molecule has 3 rings (SSSR count). The summed E-state index contributed by atoms with van der Waals surface area (Å²) in [7, 11) is 0. The van der Waals surface area contributed by atoms with Crippen LogP contribution in [0.3, 0.4) is 0 Å². The fraction of sp³-hybridized carbons (Fsp3) is 0.0526. The number of alkyl halides is 1. The summed E-state index contributed by atoms with van der Waals surface area (Å²) in [5.41, 5.74) is 1.24. The van der Waals surface area contributed by atoms with E-state index in [0.717, 1.165) is 13.8 Å². The molecule has 0 aliphatic carbocycles. The Morgan fingerprint density at radius 2 is 1.09 bits per heavy atom. The zero-order valence-electron chi connectivity index (χ0n) is 12.0. The SMILES string of the molecule is FC(Sc1ccccc1)(c1ccc(Br)cc1)c1ccc(Br)cc1. The van der Waals surface area contributed by atoms with Gasteiger partial charge in [-0.05, 0) is 36.4 Å². The van der Waals surface area contributed by atoms with Crippen LogP contribution in [0.2, 0.25) is 0 Å². The molecule has 23 heavy (non-hydrogen) atoms. The van der Waals surface area contributed by atoms with E-state index < -0.39 is 5.00 Å².